The molecular formula is C16H12ClFNOY-. The maximum absolute atomic E-state index is 14.2. The summed E-state index contributed by atoms with van der Waals surface area (Å²) in [5.41, 5.74) is 1.54. The number of allylic oxidation sites excluding steroid dienone is 3. The topological polar surface area (TPSA) is 12.5 Å². The Morgan fingerprint density at radius 3 is 2.86 bits per heavy atom. The number of likely N-dealkylation sites (N-methyl/N-ethyl adjacent to an activating group) is 1. The summed E-state index contributed by atoms with van der Waals surface area (Å²) >= 11 is 5.95. The van der Waals surface area contributed by atoms with Crippen molar-refractivity contribution in [2.24, 2.45) is 0 Å². The van der Waals surface area contributed by atoms with Gasteiger partial charge in [-0.25, -0.2) is 4.39 Å². The summed E-state index contributed by atoms with van der Waals surface area (Å²) in [4.78, 5) is 1.68. The molecule has 0 bridgehead atoms. The third-order valence-corrected chi connectivity index (χ3v) is 3.20. The van der Waals surface area contributed by atoms with Gasteiger partial charge in [0.1, 0.15) is 12.4 Å². The van der Waals surface area contributed by atoms with E-state index in [9.17, 15) is 4.39 Å². The van der Waals surface area contributed by atoms with Crippen LogP contribution in [0.4, 0.5) is 4.39 Å². The van der Waals surface area contributed by atoms with Gasteiger partial charge in [-0.05, 0) is 16.8 Å². The molecule has 2 nitrogen and oxygen atoms in total. The number of hydrogen-bond acceptors (Lipinski definition) is 2. The van der Waals surface area contributed by atoms with E-state index < -0.39 is 5.82 Å². The molecule has 1 aliphatic heterocycles. The van der Waals surface area contributed by atoms with Gasteiger partial charge < -0.3 is 9.64 Å². The molecule has 0 aromatic heterocycles. The second kappa shape index (κ2) is 7.80. The van der Waals surface area contributed by atoms with Gasteiger partial charge >= 0.3 is 0 Å². The van der Waals surface area contributed by atoms with Crippen LogP contribution in [0.2, 0.25) is 0 Å². The van der Waals surface area contributed by atoms with Gasteiger partial charge in [0.25, 0.3) is 0 Å². The van der Waals surface area contributed by atoms with Crippen molar-refractivity contribution in [2.45, 2.75) is 0 Å². The Labute approximate surface area is 154 Å². The van der Waals surface area contributed by atoms with Crippen molar-refractivity contribution in [3.63, 3.8) is 0 Å². The molecule has 0 N–H and O–H groups in total. The summed E-state index contributed by atoms with van der Waals surface area (Å²) in [5.74, 6) is 2.29. The summed E-state index contributed by atoms with van der Waals surface area (Å²) in [5, 5.41) is 0.477. The maximum Gasteiger partial charge on any atom is 0.148 e. The molecule has 0 atom stereocenters. The quantitative estimate of drug-likeness (QED) is 0.590. The predicted molar refractivity (Wildman–Crippen MR) is 78.2 cm³/mol. The molecule has 1 aromatic carbocycles. The standard InChI is InChI=1S/C16H12ClFNO.Y/c1-4-9-20-12-5-6-13(15(18)10-12)16-8-7-14(17)11(2)19(16)3;/h1,5-7,10H,2,9H2,3H3;/q-1;. The molecule has 1 aliphatic rings. The smallest absolute Gasteiger partial charge is 0.148 e. The summed E-state index contributed by atoms with van der Waals surface area (Å²) in [6.07, 6.45) is 9.60. The van der Waals surface area contributed by atoms with Crippen LogP contribution in [0.25, 0.3) is 5.70 Å². The van der Waals surface area contributed by atoms with Gasteiger partial charge in [-0.3, -0.25) is 0 Å². The van der Waals surface area contributed by atoms with Crippen LogP contribution in [0.3, 0.4) is 0 Å². The Kier molecular flexibility index (Phi) is 6.67. The van der Waals surface area contributed by atoms with E-state index in [1.807, 2.05) is 0 Å². The molecule has 1 heterocycles. The molecule has 105 valence electrons. The van der Waals surface area contributed by atoms with Crippen LogP contribution in [-0.2, 0) is 32.7 Å². The summed E-state index contributed by atoms with van der Waals surface area (Å²) in [6.45, 7) is 3.94. The van der Waals surface area contributed by atoms with E-state index >= 15 is 0 Å². The molecular weight excluding hydrogens is 366 g/mol. The van der Waals surface area contributed by atoms with Gasteiger partial charge in [0, 0.05) is 45.8 Å². The van der Waals surface area contributed by atoms with Crippen molar-refractivity contribution in [3.05, 3.63) is 59.0 Å². The van der Waals surface area contributed by atoms with Crippen LogP contribution in [0.1, 0.15) is 5.56 Å². The van der Waals surface area contributed by atoms with Crippen LogP contribution >= 0.6 is 11.6 Å². The van der Waals surface area contributed by atoms with Crippen molar-refractivity contribution >= 4 is 17.3 Å². The normalized spacial score (nSPS) is 13.8. The van der Waals surface area contributed by atoms with Crippen molar-refractivity contribution in [2.75, 3.05) is 13.7 Å². The fraction of sp³-hybridized carbons (Fsp3) is 0.125. The molecule has 5 heteroatoms. The summed E-state index contributed by atoms with van der Waals surface area (Å²) in [7, 11) is 1.75. The van der Waals surface area contributed by atoms with E-state index in [4.69, 9.17) is 22.8 Å². The minimum absolute atomic E-state index is 0. The number of rotatable bonds is 3. The van der Waals surface area contributed by atoms with Crippen LogP contribution in [0.5, 0.6) is 5.75 Å². The number of benzene rings is 1. The summed E-state index contributed by atoms with van der Waals surface area (Å²) in [6, 6.07) is 4.55. The number of ether oxygens (including phenoxy) is 1. The van der Waals surface area contributed by atoms with E-state index in [-0.39, 0.29) is 39.3 Å². The molecule has 0 unspecified atom stereocenters. The van der Waals surface area contributed by atoms with Gasteiger partial charge in [-0.2, -0.15) is 23.8 Å². The number of halogens is 2. The first-order valence-electron chi connectivity index (χ1n) is 5.83. The van der Waals surface area contributed by atoms with Gasteiger partial charge in [-0.15, -0.1) is 12.5 Å². The Morgan fingerprint density at radius 1 is 1.52 bits per heavy atom. The van der Waals surface area contributed by atoms with Crippen LogP contribution in [0.15, 0.2) is 41.6 Å². The van der Waals surface area contributed by atoms with Crippen LogP contribution < -0.4 is 4.74 Å². The van der Waals surface area contributed by atoms with E-state index in [2.05, 4.69) is 18.6 Å². The third-order valence-electron chi connectivity index (χ3n) is 2.87. The monoisotopic (exact) mass is 377 g/mol. The number of terminal acetylenes is 1. The van der Waals surface area contributed by atoms with E-state index in [0.29, 0.717) is 27.7 Å². The first-order valence-corrected chi connectivity index (χ1v) is 6.20. The molecule has 1 radical (unpaired) electrons. The SMILES string of the molecule is C#CCOc1ccc(C2=[C-]C=C(Cl)C(=C)N2C)c(F)c1.[Y]. The van der Waals surface area contributed by atoms with Crippen molar-refractivity contribution in [1.29, 1.82) is 0 Å². The van der Waals surface area contributed by atoms with Crippen LogP contribution in [0, 0.1) is 24.2 Å². The van der Waals surface area contributed by atoms with E-state index in [1.54, 1.807) is 30.2 Å². The largest absolute Gasteiger partial charge is 0.481 e. The van der Waals surface area contributed by atoms with Crippen molar-refractivity contribution in [1.82, 2.24) is 4.90 Å². The molecule has 0 spiro atoms. The Balaban J connectivity index is 0.00000220. The van der Waals surface area contributed by atoms with Crippen molar-refractivity contribution < 1.29 is 41.8 Å². The zero-order chi connectivity index (χ0) is 14.7. The Bertz CT molecular complexity index is 661. The van der Waals surface area contributed by atoms with E-state index in [0.717, 1.165) is 0 Å². The first kappa shape index (κ1) is 18.0. The van der Waals surface area contributed by atoms with Crippen LogP contribution in [-0.4, -0.2) is 18.6 Å². The molecule has 0 saturated carbocycles. The average Bonchev–Trinajstić information content (AvgIpc) is 2.44. The fourth-order valence-electron chi connectivity index (χ4n) is 1.77. The molecule has 0 saturated heterocycles. The molecule has 21 heavy (non-hydrogen) atoms. The minimum Gasteiger partial charge on any atom is -0.481 e. The van der Waals surface area contributed by atoms with E-state index in [1.165, 1.54) is 6.07 Å². The van der Waals surface area contributed by atoms with Gasteiger partial charge in [0.15, 0.2) is 0 Å². The van der Waals surface area contributed by atoms with Gasteiger partial charge in [0.05, 0.1) is 5.82 Å². The predicted octanol–water partition coefficient (Wildman–Crippen LogP) is 3.56. The molecule has 0 fully saturated rings. The van der Waals surface area contributed by atoms with Gasteiger partial charge in [-0.1, -0.05) is 23.8 Å². The van der Waals surface area contributed by atoms with Gasteiger partial charge in [0.2, 0.25) is 0 Å². The second-order valence-electron chi connectivity index (χ2n) is 4.13. The minimum atomic E-state index is -0.423. The Morgan fingerprint density at radius 2 is 2.24 bits per heavy atom. The average molecular weight is 378 g/mol. The maximum atomic E-state index is 14.2. The fourth-order valence-corrected chi connectivity index (χ4v) is 1.95. The first-order chi connectivity index (χ1) is 9.54. The molecule has 0 amide bonds. The van der Waals surface area contributed by atoms with Crippen molar-refractivity contribution in [3.8, 4) is 18.1 Å². The Hall–Kier alpha value is -1.08. The molecule has 0 aliphatic carbocycles. The number of nitrogens with zero attached hydrogens (tertiary/aromatic N) is 1. The second-order valence-corrected chi connectivity index (χ2v) is 4.53. The molecule has 2 rings (SSSR count). The number of hydrogen-bond donors (Lipinski definition) is 0. The molecule has 1 aromatic rings. The zero-order valence-electron chi connectivity index (χ0n) is 11.5. The third kappa shape index (κ3) is 3.98. The summed E-state index contributed by atoms with van der Waals surface area (Å²) < 4.78 is 19.3. The zero-order valence-corrected chi connectivity index (χ0v) is 15.1.